The van der Waals surface area contributed by atoms with Crippen LogP contribution in [0, 0.1) is 0 Å². The zero-order chi connectivity index (χ0) is 14.8. The van der Waals surface area contributed by atoms with E-state index in [0.29, 0.717) is 11.6 Å². The predicted octanol–water partition coefficient (Wildman–Crippen LogP) is 2.75. The average Bonchev–Trinajstić information content (AvgIpc) is 2.47. The van der Waals surface area contributed by atoms with Crippen molar-refractivity contribution in [1.29, 1.82) is 0 Å². The number of halogens is 1. The van der Waals surface area contributed by atoms with Crippen LogP contribution in [0.3, 0.4) is 0 Å². The fourth-order valence-corrected chi connectivity index (χ4v) is 4.43. The molecule has 0 atom stereocenters. The molecule has 0 bridgehead atoms. The smallest absolute Gasteiger partial charge is 0.243 e. The van der Waals surface area contributed by atoms with Gasteiger partial charge in [0.25, 0.3) is 0 Å². The van der Waals surface area contributed by atoms with Crippen LogP contribution in [0.15, 0.2) is 23.1 Å². The lowest BCUT2D eigenvalue weighted by Gasteiger charge is -2.30. The number of nitrogens with zero attached hydrogens (tertiary/aromatic N) is 1. The third-order valence-electron chi connectivity index (χ3n) is 4.01. The van der Waals surface area contributed by atoms with Crippen LogP contribution in [0.2, 0.25) is 5.02 Å². The molecular formula is C14H21ClN2O2S. The van der Waals surface area contributed by atoms with Gasteiger partial charge in [0.1, 0.15) is 0 Å². The largest absolute Gasteiger partial charge is 0.326 e. The van der Waals surface area contributed by atoms with Crippen LogP contribution >= 0.6 is 11.6 Å². The molecule has 0 saturated heterocycles. The average molecular weight is 317 g/mol. The molecule has 2 N–H and O–H groups in total. The van der Waals surface area contributed by atoms with Gasteiger partial charge in [-0.25, -0.2) is 8.42 Å². The van der Waals surface area contributed by atoms with Gasteiger partial charge < -0.3 is 5.73 Å². The van der Waals surface area contributed by atoms with Crippen molar-refractivity contribution in [3.8, 4) is 0 Å². The molecule has 0 heterocycles. The van der Waals surface area contributed by atoms with E-state index in [4.69, 9.17) is 17.3 Å². The highest BCUT2D eigenvalue weighted by molar-refractivity contribution is 7.89. The van der Waals surface area contributed by atoms with Gasteiger partial charge in [0.15, 0.2) is 0 Å². The molecule has 1 aliphatic rings. The summed E-state index contributed by atoms with van der Waals surface area (Å²) in [6.45, 7) is 0.303. The summed E-state index contributed by atoms with van der Waals surface area (Å²) >= 11 is 6.06. The number of rotatable bonds is 4. The van der Waals surface area contributed by atoms with E-state index in [1.54, 1.807) is 19.2 Å². The van der Waals surface area contributed by atoms with Gasteiger partial charge >= 0.3 is 0 Å². The van der Waals surface area contributed by atoms with Crippen molar-refractivity contribution in [1.82, 2.24) is 4.31 Å². The third kappa shape index (κ3) is 3.17. The molecule has 112 valence electrons. The van der Waals surface area contributed by atoms with Crippen molar-refractivity contribution in [3.05, 3.63) is 28.8 Å². The Kier molecular flexibility index (Phi) is 5.07. The monoisotopic (exact) mass is 316 g/mol. The molecule has 1 aromatic rings. The Morgan fingerprint density at radius 1 is 1.30 bits per heavy atom. The summed E-state index contributed by atoms with van der Waals surface area (Å²) in [5.74, 6) is 0. The van der Waals surface area contributed by atoms with Gasteiger partial charge in [-0.3, -0.25) is 0 Å². The van der Waals surface area contributed by atoms with Crippen molar-refractivity contribution < 1.29 is 8.42 Å². The second-order valence-corrected chi connectivity index (χ2v) is 7.68. The summed E-state index contributed by atoms with van der Waals surface area (Å²) in [6, 6.07) is 4.87. The molecule has 20 heavy (non-hydrogen) atoms. The first-order chi connectivity index (χ1) is 9.46. The Morgan fingerprint density at radius 2 is 1.95 bits per heavy atom. The van der Waals surface area contributed by atoms with Crippen LogP contribution < -0.4 is 5.73 Å². The molecule has 0 unspecified atom stereocenters. The lowest BCUT2D eigenvalue weighted by molar-refractivity contribution is 0.286. The number of benzene rings is 1. The molecule has 0 radical (unpaired) electrons. The van der Waals surface area contributed by atoms with E-state index in [-0.39, 0.29) is 10.9 Å². The highest BCUT2D eigenvalue weighted by Crippen LogP contribution is 2.28. The molecule has 0 spiro atoms. The topological polar surface area (TPSA) is 63.4 Å². The highest BCUT2D eigenvalue weighted by Gasteiger charge is 2.29. The fourth-order valence-electron chi connectivity index (χ4n) is 2.66. The standard InChI is InChI=1S/C14H21ClN2O2S/c1-17(12-5-3-2-4-6-12)20(18,19)13-8-7-11(10-16)14(15)9-13/h7-9,12H,2-6,10,16H2,1H3. The Hall–Kier alpha value is -0.620. The first-order valence-corrected chi connectivity index (χ1v) is 8.75. The van der Waals surface area contributed by atoms with Crippen LogP contribution in [0.25, 0.3) is 0 Å². The molecular weight excluding hydrogens is 296 g/mol. The van der Waals surface area contributed by atoms with Gasteiger partial charge in [0, 0.05) is 24.7 Å². The van der Waals surface area contributed by atoms with Crippen LogP contribution in [0.1, 0.15) is 37.7 Å². The maximum absolute atomic E-state index is 12.6. The Bertz CT molecular complexity index is 569. The lowest BCUT2D eigenvalue weighted by Crippen LogP contribution is -2.38. The molecule has 1 aromatic carbocycles. The van der Waals surface area contributed by atoms with Crippen molar-refractivity contribution >= 4 is 21.6 Å². The summed E-state index contributed by atoms with van der Waals surface area (Å²) in [6.07, 6.45) is 5.25. The molecule has 1 fully saturated rings. The van der Waals surface area contributed by atoms with Crippen molar-refractivity contribution in [3.63, 3.8) is 0 Å². The predicted molar refractivity (Wildman–Crippen MR) is 81.2 cm³/mol. The van der Waals surface area contributed by atoms with Crippen molar-refractivity contribution in [2.24, 2.45) is 5.73 Å². The van der Waals surface area contributed by atoms with E-state index < -0.39 is 10.0 Å². The number of hydrogen-bond acceptors (Lipinski definition) is 3. The minimum absolute atomic E-state index is 0.0988. The Balaban J connectivity index is 2.27. The minimum atomic E-state index is -3.48. The number of sulfonamides is 1. The molecule has 0 amide bonds. The Labute approximate surface area is 126 Å². The molecule has 0 aliphatic heterocycles. The molecule has 1 aliphatic carbocycles. The summed E-state index contributed by atoms with van der Waals surface area (Å²) in [7, 11) is -1.82. The Morgan fingerprint density at radius 3 is 2.50 bits per heavy atom. The zero-order valence-corrected chi connectivity index (χ0v) is 13.3. The maximum Gasteiger partial charge on any atom is 0.243 e. The summed E-state index contributed by atoms with van der Waals surface area (Å²) in [5.41, 5.74) is 6.30. The van der Waals surface area contributed by atoms with Crippen LogP contribution in [0.5, 0.6) is 0 Å². The molecule has 2 rings (SSSR count). The van der Waals surface area contributed by atoms with Gasteiger partial charge in [-0.15, -0.1) is 0 Å². The van der Waals surface area contributed by atoms with Gasteiger partial charge in [-0.2, -0.15) is 4.31 Å². The molecule has 4 nitrogen and oxygen atoms in total. The first kappa shape index (κ1) is 15.8. The normalized spacial score (nSPS) is 17.6. The van der Waals surface area contributed by atoms with E-state index in [1.807, 2.05) is 0 Å². The second-order valence-electron chi connectivity index (χ2n) is 5.27. The van der Waals surface area contributed by atoms with Crippen molar-refractivity contribution in [2.45, 2.75) is 49.6 Å². The SMILES string of the molecule is CN(C1CCCCC1)S(=O)(=O)c1ccc(CN)c(Cl)c1. The van der Waals surface area contributed by atoms with Crippen LogP contribution in [0.4, 0.5) is 0 Å². The summed E-state index contributed by atoms with van der Waals surface area (Å²) in [5, 5.41) is 0.408. The zero-order valence-electron chi connectivity index (χ0n) is 11.7. The van der Waals surface area contributed by atoms with Crippen LogP contribution in [-0.4, -0.2) is 25.8 Å². The van der Waals surface area contributed by atoms with E-state index in [9.17, 15) is 8.42 Å². The van der Waals surface area contributed by atoms with E-state index in [0.717, 1.165) is 31.2 Å². The summed E-state index contributed by atoms with van der Waals surface area (Å²) < 4.78 is 26.7. The lowest BCUT2D eigenvalue weighted by atomic mass is 9.96. The third-order valence-corrected chi connectivity index (χ3v) is 6.27. The maximum atomic E-state index is 12.6. The van der Waals surface area contributed by atoms with Gasteiger partial charge in [-0.1, -0.05) is 36.9 Å². The second kappa shape index (κ2) is 6.43. The van der Waals surface area contributed by atoms with Crippen LogP contribution in [-0.2, 0) is 16.6 Å². The molecule has 1 saturated carbocycles. The van der Waals surface area contributed by atoms with Gasteiger partial charge in [-0.05, 0) is 30.5 Å². The number of nitrogens with two attached hydrogens (primary N) is 1. The number of hydrogen-bond donors (Lipinski definition) is 1. The van der Waals surface area contributed by atoms with Gasteiger partial charge in [0.2, 0.25) is 10.0 Å². The fraction of sp³-hybridized carbons (Fsp3) is 0.571. The van der Waals surface area contributed by atoms with E-state index >= 15 is 0 Å². The molecule has 6 heteroatoms. The highest BCUT2D eigenvalue weighted by atomic mass is 35.5. The van der Waals surface area contributed by atoms with Gasteiger partial charge in [0.05, 0.1) is 4.90 Å². The van der Waals surface area contributed by atoms with Crippen molar-refractivity contribution in [2.75, 3.05) is 7.05 Å². The summed E-state index contributed by atoms with van der Waals surface area (Å²) in [4.78, 5) is 0.243. The van der Waals surface area contributed by atoms with E-state index in [2.05, 4.69) is 0 Å². The molecule has 0 aromatic heterocycles. The minimum Gasteiger partial charge on any atom is -0.326 e. The quantitative estimate of drug-likeness (QED) is 0.929. The first-order valence-electron chi connectivity index (χ1n) is 6.93. The van der Waals surface area contributed by atoms with E-state index in [1.165, 1.54) is 16.8 Å².